The van der Waals surface area contributed by atoms with Gasteiger partial charge in [-0.3, -0.25) is 10.1 Å². The van der Waals surface area contributed by atoms with E-state index >= 15 is 0 Å². The summed E-state index contributed by atoms with van der Waals surface area (Å²) in [5, 5.41) is 8.96. The number of rotatable bonds is 17. The topological polar surface area (TPSA) is 55.8 Å². The van der Waals surface area contributed by atoms with E-state index in [2.05, 4.69) is 48.3 Å². The lowest BCUT2D eigenvalue weighted by atomic mass is 10.1. The molecule has 0 rings (SSSR count). The summed E-state index contributed by atoms with van der Waals surface area (Å²) >= 11 is 0. The minimum Gasteiger partial charge on any atom is -0.466 e. The lowest BCUT2D eigenvalue weighted by molar-refractivity contribution is -0.264. The first-order chi connectivity index (χ1) is 13.7. The Kier molecular flexibility index (Phi) is 19.9. The van der Waals surface area contributed by atoms with Crippen LogP contribution >= 0.6 is 0 Å². The zero-order valence-corrected chi connectivity index (χ0v) is 17.6. The number of carbonyl (C=O) groups excluding carboxylic acids is 1. The van der Waals surface area contributed by atoms with Gasteiger partial charge in [-0.2, -0.15) is 0 Å². The van der Waals surface area contributed by atoms with Crippen LogP contribution in [-0.2, 0) is 14.4 Å². The average molecular weight is 391 g/mol. The Morgan fingerprint density at radius 2 is 1.61 bits per heavy atom. The molecule has 0 heterocycles. The summed E-state index contributed by atoms with van der Waals surface area (Å²) in [6.45, 7) is 4.41. The zero-order valence-electron chi connectivity index (χ0n) is 17.6. The molecule has 0 bridgehead atoms. The molecule has 4 heteroatoms. The molecule has 0 aromatic rings. The lowest BCUT2D eigenvalue weighted by Crippen LogP contribution is -2.04. The Bertz CT molecular complexity index is 501. The average Bonchev–Trinajstić information content (AvgIpc) is 2.69. The zero-order chi connectivity index (χ0) is 20.7. The Morgan fingerprint density at radius 3 is 2.29 bits per heavy atom. The molecule has 0 aliphatic heterocycles. The maximum Gasteiger partial charge on any atom is 0.305 e. The molecule has 4 nitrogen and oxygen atoms in total. The fourth-order valence-corrected chi connectivity index (χ4v) is 2.40. The molecule has 0 radical (unpaired) electrons. The highest BCUT2D eigenvalue weighted by molar-refractivity contribution is 5.69. The van der Waals surface area contributed by atoms with Gasteiger partial charge in [0, 0.05) is 6.42 Å². The van der Waals surface area contributed by atoms with Crippen molar-refractivity contribution in [2.24, 2.45) is 0 Å². The molecule has 0 aromatic heterocycles. The fraction of sp³-hybridized carbons (Fsp3) is 0.542. The predicted molar refractivity (Wildman–Crippen MR) is 117 cm³/mol. The molecule has 0 fully saturated rings. The number of ether oxygens (including phenoxy) is 1. The fourth-order valence-electron chi connectivity index (χ4n) is 2.40. The normalized spacial score (nSPS) is 13.7. The number of unbranched alkanes of at least 4 members (excludes halogenated alkanes) is 3. The molecule has 0 saturated carbocycles. The summed E-state index contributed by atoms with van der Waals surface area (Å²) < 4.78 is 4.89. The van der Waals surface area contributed by atoms with Gasteiger partial charge in [0.1, 0.15) is 6.10 Å². The SMILES string of the molecule is CC/C=C\C/C=C\C/C=C\CC(/C=C/C=C\CCCCCC(=O)OCC)OO. The summed E-state index contributed by atoms with van der Waals surface area (Å²) in [6.07, 6.45) is 28.2. The smallest absolute Gasteiger partial charge is 0.305 e. The van der Waals surface area contributed by atoms with Crippen molar-refractivity contribution in [3.05, 3.63) is 60.8 Å². The van der Waals surface area contributed by atoms with E-state index in [0.29, 0.717) is 19.4 Å². The highest BCUT2D eigenvalue weighted by Crippen LogP contribution is 2.06. The number of carbonyl (C=O) groups is 1. The minimum absolute atomic E-state index is 0.106. The van der Waals surface area contributed by atoms with E-state index < -0.39 is 0 Å². The van der Waals surface area contributed by atoms with Gasteiger partial charge in [0.2, 0.25) is 0 Å². The van der Waals surface area contributed by atoms with Gasteiger partial charge in [0.15, 0.2) is 0 Å². The monoisotopic (exact) mass is 390 g/mol. The van der Waals surface area contributed by atoms with E-state index in [4.69, 9.17) is 9.99 Å². The second-order valence-corrected chi connectivity index (χ2v) is 6.39. The molecule has 1 atom stereocenters. The van der Waals surface area contributed by atoms with E-state index in [-0.39, 0.29) is 12.1 Å². The highest BCUT2D eigenvalue weighted by atomic mass is 17.1. The molecule has 0 amide bonds. The molecular formula is C24H38O4. The van der Waals surface area contributed by atoms with Crippen molar-refractivity contribution < 1.29 is 19.7 Å². The maximum atomic E-state index is 11.2. The van der Waals surface area contributed by atoms with Crippen LogP contribution in [0, 0.1) is 0 Å². The quantitative estimate of drug-likeness (QED) is 0.0748. The first-order valence-electron chi connectivity index (χ1n) is 10.5. The van der Waals surface area contributed by atoms with Crippen LogP contribution < -0.4 is 0 Å². The van der Waals surface area contributed by atoms with Crippen molar-refractivity contribution >= 4 is 5.97 Å². The summed E-state index contributed by atoms with van der Waals surface area (Å²) in [5.74, 6) is -0.106. The molecule has 158 valence electrons. The molecule has 1 unspecified atom stereocenters. The molecule has 0 spiro atoms. The van der Waals surface area contributed by atoms with Crippen LogP contribution in [0.1, 0.15) is 71.6 Å². The summed E-state index contributed by atoms with van der Waals surface area (Å²) in [7, 11) is 0. The van der Waals surface area contributed by atoms with Crippen molar-refractivity contribution in [2.45, 2.75) is 77.7 Å². The molecule has 0 aliphatic rings. The van der Waals surface area contributed by atoms with Gasteiger partial charge >= 0.3 is 5.97 Å². The number of esters is 1. The van der Waals surface area contributed by atoms with Gasteiger partial charge in [-0.1, -0.05) is 74.1 Å². The minimum atomic E-state index is -0.332. The first-order valence-corrected chi connectivity index (χ1v) is 10.5. The third kappa shape index (κ3) is 18.9. The number of allylic oxidation sites excluding steroid dienone is 8. The van der Waals surface area contributed by atoms with E-state index in [0.717, 1.165) is 44.9 Å². The standard InChI is InChI=1S/C24H38O4/c1-3-5-6-7-8-9-11-14-17-20-23(28-26)21-18-15-12-10-13-16-19-22-24(25)27-4-2/h5-6,8-9,12,14-15,17-18,21,23,26H,3-4,7,10-11,13,16,19-20,22H2,1-2H3/b6-5-,9-8-,15-12-,17-14-,21-18+. The highest BCUT2D eigenvalue weighted by Gasteiger charge is 2.00. The van der Waals surface area contributed by atoms with Crippen LogP contribution in [0.2, 0.25) is 0 Å². The number of hydrogen-bond acceptors (Lipinski definition) is 4. The first kappa shape index (κ1) is 26.1. The molecule has 28 heavy (non-hydrogen) atoms. The van der Waals surface area contributed by atoms with Crippen molar-refractivity contribution in [2.75, 3.05) is 6.61 Å². The molecule has 0 saturated heterocycles. The van der Waals surface area contributed by atoms with Crippen molar-refractivity contribution in [3.63, 3.8) is 0 Å². The third-order valence-electron chi connectivity index (χ3n) is 3.91. The Hall–Kier alpha value is -1.91. The maximum absolute atomic E-state index is 11.2. The molecule has 0 aromatic carbocycles. The van der Waals surface area contributed by atoms with Gasteiger partial charge in [-0.05, 0) is 51.9 Å². The number of hydrogen-bond donors (Lipinski definition) is 1. The molecule has 1 N–H and O–H groups in total. The van der Waals surface area contributed by atoms with Gasteiger partial charge < -0.3 is 4.74 Å². The second-order valence-electron chi connectivity index (χ2n) is 6.39. The van der Waals surface area contributed by atoms with Gasteiger partial charge in [0.05, 0.1) is 6.61 Å². The van der Waals surface area contributed by atoms with Gasteiger partial charge in [-0.15, -0.1) is 0 Å². The van der Waals surface area contributed by atoms with Crippen LogP contribution in [0.3, 0.4) is 0 Å². The van der Waals surface area contributed by atoms with Crippen molar-refractivity contribution in [3.8, 4) is 0 Å². The van der Waals surface area contributed by atoms with Crippen LogP contribution in [0.4, 0.5) is 0 Å². The van der Waals surface area contributed by atoms with Crippen LogP contribution in [0.25, 0.3) is 0 Å². The van der Waals surface area contributed by atoms with Crippen LogP contribution in [0.15, 0.2) is 60.8 Å². The summed E-state index contributed by atoms with van der Waals surface area (Å²) in [4.78, 5) is 15.7. The van der Waals surface area contributed by atoms with Crippen molar-refractivity contribution in [1.82, 2.24) is 0 Å². The molecular weight excluding hydrogens is 352 g/mol. The summed E-state index contributed by atoms with van der Waals surface area (Å²) in [6, 6.07) is 0. The van der Waals surface area contributed by atoms with Gasteiger partial charge in [0.25, 0.3) is 0 Å². The van der Waals surface area contributed by atoms with E-state index in [1.54, 1.807) is 0 Å². The largest absolute Gasteiger partial charge is 0.466 e. The van der Waals surface area contributed by atoms with E-state index in [1.807, 2.05) is 31.2 Å². The molecule has 0 aliphatic carbocycles. The Labute approximate surface area is 171 Å². The van der Waals surface area contributed by atoms with Crippen molar-refractivity contribution in [1.29, 1.82) is 0 Å². The summed E-state index contributed by atoms with van der Waals surface area (Å²) in [5.41, 5.74) is 0. The van der Waals surface area contributed by atoms with E-state index in [9.17, 15) is 4.79 Å². The predicted octanol–water partition coefficient (Wildman–Crippen LogP) is 6.72. The van der Waals surface area contributed by atoms with E-state index in [1.165, 1.54) is 0 Å². The van der Waals surface area contributed by atoms with Gasteiger partial charge in [-0.25, -0.2) is 4.89 Å². The Balaban J connectivity index is 3.79. The van der Waals surface area contributed by atoms with Crippen LogP contribution in [-0.4, -0.2) is 23.9 Å². The Morgan fingerprint density at radius 1 is 0.893 bits per heavy atom. The van der Waals surface area contributed by atoms with Crippen LogP contribution in [0.5, 0.6) is 0 Å². The third-order valence-corrected chi connectivity index (χ3v) is 3.91. The second kappa shape index (κ2) is 21.4. The lowest BCUT2D eigenvalue weighted by Gasteiger charge is -2.04.